The van der Waals surface area contributed by atoms with Crippen molar-refractivity contribution in [2.24, 2.45) is 5.73 Å². The molecule has 0 bridgehead atoms. The first-order chi connectivity index (χ1) is 11.3. The van der Waals surface area contributed by atoms with Crippen LogP contribution in [0.25, 0.3) is 0 Å². The fourth-order valence-corrected chi connectivity index (χ4v) is 2.11. The number of nitrogens with one attached hydrogen (secondary N) is 1. The number of hydrogen-bond acceptors (Lipinski definition) is 6. The van der Waals surface area contributed by atoms with E-state index in [-0.39, 0.29) is 6.61 Å². The van der Waals surface area contributed by atoms with E-state index in [0.29, 0.717) is 12.0 Å². The summed E-state index contributed by atoms with van der Waals surface area (Å²) in [5.41, 5.74) is 3.55. The van der Waals surface area contributed by atoms with Gasteiger partial charge in [0.05, 0.1) is 0 Å². The van der Waals surface area contributed by atoms with Crippen LogP contribution in [0, 0.1) is 19.3 Å². The number of ether oxygens (including phenoxy) is 2. The van der Waals surface area contributed by atoms with Crippen molar-refractivity contribution in [1.29, 1.82) is 0 Å². The van der Waals surface area contributed by atoms with Crippen LogP contribution in [0.4, 0.5) is 0 Å². The number of aryl methyl sites for hydroxylation is 1. The van der Waals surface area contributed by atoms with Crippen molar-refractivity contribution >= 4 is 5.97 Å². The Morgan fingerprint density at radius 2 is 2.33 bits per heavy atom. The molecule has 0 spiro atoms. The Labute approximate surface area is 138 Å². The minimum atomic E-state index is -1.29. The minimum Gasteiger partial charge on any atom is -0.460 e. The Bertz CT molecular complexity index is 816. The largest absolute Gasteiger partial charge is 0.460 e. The molecule has 1 aliphatic heterocycles. The first kappa shape index (κ1) is 17.7. The second-order valence-electron chi connectivity index (χ2n) is 5.50. The first-order valence-corrected chi connectivity index (χ1v) is 7.41. The van der Waals surface area contributed by atoms with E-state index >= 15 is 0 Å². The lowest BCUT2D eigenvalue weighted by Gasteiger charge is -2.24. The zero-order valence-electron chi connectivity index (χ0n) is 13.4. The molecule has 0 amide bonds. The van der Waals surface area contributed by atoms with E-state index in [1.807, 2.05) is 0 Å². The lowest BCUT2D eigenvalue weighted by atomic mass is 10.1. The third-order valence-electron chi connectivity index (χ3n) is 3.70. The van der Waals surface area contributed by atoms with E-state index in [4.69, 9.17) is 21.6 Å². The highest BCUT2D eigenvalue weighted by Gasteiger charge is 2.37. The van der Waals surface area contributed by atoms with E-state index in [1.165, 1.54) is 16.8 Å². The molecule has 2 rings (SSSR count). The summed E-state index contributed by atoms with van der Waals surface area (Å²) >= 11 is 0. The van der Waals surface area contributed by atoms with Gasteiger partial charge in [0.1, 0.15) is 12.6 Å². The summed E-state index contributed by atoms with van der Waals surface area (Å²) in [7, 11) is 0. The maximum Gasteiger partial charge on any atom is 0.330 e. The zero-order chi connectivity index (χ0) is 17.9. The molecule has 1 aliphatic rings. The molecule has 3 N–H and O–H groups in total. The highest BCUT2D eigenvalue weighted by atomic mass is 16.6. The third-order valence-corrected chi connectivity index (χ3v) is 3.70. The highest BCUT2D eigenvalue weighted by Crippen LogP contribution is 2.29. The number of carbonyl (C=O) groups excluding carboxylic acids is 1. The minimum absolute atomic E-state index is 0.222. The van der Waals surface area contributed by atoms with Crippen molar-refractivity contribution in [3.8, 4) is 12.3 Å². The van der Waals surface area contributed by atoms with E-state index < -0.39 is 35.1 Å². The molecule has 3 atom stereocenters. The van der Waals surface area contributed by atoms with Gasteiger partial charge in [0.15, 0.2) is 11.8 Å². The van der Waals surface area contributed by atoms with Crippen LogP contribution < -0.4 is 17.0 Å². The predicted molar refractivity (Wildman–Crippen MR) is 86.1 cm³/mol. The van der Waals surface area contributed by atoms with Gasteiger partial charge in [-0.1, -0.05) is 12.8 Å². The Kier molecular flexibility index (Phi) is 5.07. The molecule has 0 radical (unpaired) electrons. The molecule has 2 heterocycles. The Morgan fingerprint density at radius 1 is 1.62 bits per heavy atom. The van der Waals surface area contributed by atoms with E-state index in [0.717, 1.165) is 0 Å². The number of hydrogen-bond donors (Lipinski definition) is 2. The number of aromatic nitrogens is 2. The number of nitrogens with two attached hydrogens (primary N) is 1. The Hall–Kier alpha value is -2.63. The van der Waals surface area contributed by atoms with Gasteiger partial charge in [0.2, 0.25) is 0 Å². The van der Waals surface area contributed by atoms with Crippen molar-refractivity contribution in [1.82, 2.24) is 9.55 Å². The van der Waals surface area contributed by atoms with Gasteiger partial charge < -0.3 is 15.2 Å². The molecule has 0 saturated heterocycles. The van der Waals surface area contributed by atoms with Crippen LogP contribution in [0.1, 0.15) is 25.1 Å². The molecule has 0 fully saturated rings. The maximum atomic E-state index is 11.9. The SMILES string of the molecule is C#C[C@@]1(COC(=O)[C@@H](N)CC)C=C[C@H](n2cc(C)c(=O)[nH]c2=O)O1. The van der Waals surface area contributed by atoms with Crippen LogP contribution in [0.15, 0.2) is 27.9 Å². The van der Waals surface area contributed by atoms with Gasteiger partial charge in [-0.15, -0.1) is 6.42 Å². The van der Waals surface area contributed by atoms with Crippen molar-refractivity contribution in [3.05, 3.63) is 44.8 Å². The molecule has 0 unspecified atom stereocenters. The number of H-pyrrole nitrogens is 1. The number of esters is 1. The summed E-state index contributed by atoms with van der Waals surface area (Å²) in [6.07, 6.45) is 9.60. The lowest BCUT2D eigenvalue weighted by Crippen LogP contribution is -2.40. The van der Waals surface area contributed by atoms with Crippen molar-refractivity contribution < 1.29 is 14.3 Å². The molecular weight excluding hydrogens is 314 g/mol. The Balaban J connectivity index is 2.16. The number of terminal acetylenes is 1. The van der Waals surface area contributed by atoms with E-state index in [1.54, 1.807) is 19.9 Å². The fraction of sp³-hybridized carbons (Fsp3) is 0.438. The van der Waals surface area contributed by atoms with E-state index in [2.05, 4.69) is 10.9 Å². The molecule has 8 nitrogen and oxygen atoms in total. The van der Waals surface area contributed by atoms with Crippen LogP contribution >= 0.6 is 0 Å². The zero-order valence-corrected chi connectivity index (χ0v) is 13.4. The number of nitrogens with zero attached hydrogens (tertiary/aromatic N) is 1. The second-order valence-corrected chi connectivity index (χ2v) is 5.50. The standard InChI is InChI=1S/C16H19N3O5/c1-4-11(17)14(21)23-9-16(5-2)7-6-12(24-16)19-8-10(3)13(20)18-15(19)22/h2,6-8,11-12H,4,9,17H2,1,3H3,(H,18,20,22)/t11-,12+,16-/m0/s1. The van der Waals surface area contributed by atoms with Crippen LogP contribution in [0.2, 0.25) is 0 Å². The van der Waals surface area contributed by atoms with Gasteiger partial charge in [0.25, 0.3) is 5.56 Å². The van der Waals surface area contributed by atoms with Crippen molar-refractivity contribution in [2.75, 3.05) is 6.61 Å². The fourth-order valence-electron chi connectivity index (χ4n) is 2.11. The van der Waals surface area contributed by atoms with Gasteiger partial charge in [-0.05, 0) is 25.5 Å². The second kappa shape index (κ2) is 6.86. The maximum absolute atomic E-state index is 11.9. The highest BCUT2D eigenvalue weighted by molar-refractivity contribution is 5.75. The summed E-state index contributed by atoms with van der Waals surface area (Å²) < 4.78 is 12.0. The number of rotatable bonds is 5. The topological polar surface area (TPSA) is 116 Å². The van der Waals surface area contributed by atoms with E-state index in [9.17, 15) is 14.4 Å². The molecule has 0 aliphatic carbocycles. The molecule has 1 aromatic rings. The monoisotopic (exact) mass is 333 g/mol. The van der Waals surface area contributed by atoms with Gasteiger partial charge in [-0.25, -0.2) is 4.79 Å². The smallest absolute Gasteiger partial charge is 0.330 e. The summed E-state index contributed by atoms with van der Waals surface area (Å²) in [5.74, 6) is 1.84. The van der Waals surface area contributed by atoms with Gasteiger partial charge >= 0.3 is 11.7 Å². The predicted octanol–water partition coefficient (Wildman–Crippen LogP) is -0.417. The average Bonchev–Trinajstić information content (AvgIpc) is 3.00. The van der Waals surface area contributed by atoms with Gasteiger partial charge in [-0.3, -0.25) is 19.1 Å². The third kappa shape index (κ3) is 3.48. The molecular formula is C16H19N3O5. The van der Waals surface area contributed by atoms with Crippen LogP contribution in [0.5, 0.6) is 0 Å². The van der Waals surface area contributed by atoms with Crippen molar-refractivity contribution in [3.63, 3.8) is 0 Å². The summed E-state index contributed by atoms with van der Waals surface area (Å²) in [6, 6.07) is -0.731. The summed E-state index contributed by atoms with van der Waals surface area (Å²) in [6.45, 7) is 3.10. The van der Waals surface area contributed by atoms with Crippen molar-refractivity contribution in [2.45, 2.75) is 38.1 Å². The quantitative estimate of drug-likeness (QED) is 0.429. The normalized spacial score (nSPS) is 23.7. The summed E-state index contributed by atoms with van der Waals surface area (Å²) in [4.78, 5) is 37.2. The van der Waals surface area contributed by atoms with Crippen LogP contribution in [-0.2, 0) is 14.3 Å². The number of aromatic amines is 1. The molecule has 1 aromatic heterocycles. The van der Waals surface area contributed by atoms with Crippen LogP contribution in [-0.4, -0.2) is 33.8 Å². The van der Waals surface area contributed by atoms with Gasteiger partial charge in [-0.2, -0.15) is 0 Å². The molecule has 0 aromatic carbocycles. The number of carbonyl (C=O) groups is 1. The molecule has 8 heteroatoms. The molecule has 128 valence electrons. The summed E-state index contributed by atoms with van der Waals surface area (Å²) in [5, 5.41) is 0. The molecule has 0 saturated carbocycles. The van der Waals surface area contributed by atoms with Crippen LogP contribution in [0.3, 0.4) is 0 Å². The lowest BCUT2D eigenvalue weighted by molar-refractivity contribution is -0.152. The average molecular weight is 333 g/mol. The Morgan fingerprint density at radius 3 is 2.96 bits per heavy atom. The molecule has 24 heavy (non-hydrogen) atoms. The van der Waals surface area contributed by atoms with Gasteiger partial charge in [0, 0.05) is 11.8 Å². The first-order valence-electron chi connectivity index (χ1n) is 7.41.